The van der Waals surface area contributed by atoms with Crippen molar-refractivity contribution in [2.45, 2.75) is 69.1 Å². The Morgan fingerprint density at radius 3 is 2.16 bits per heavy atom. The van der Waals surface area contributed by atoms with Crippen LogP contribution >= 0.6 is 0 Å². The van der Waals surface area contributed by atoms with Crippen LogP contribution in [0.2, 0.25) is 0 Å². The van der Waals surface area contributed by atoms with E-state index in [0.29, 0.717) is 5.92 Å². The molecule has 202 valence electrons. The van der Waals surface area contributed by atoms with Crippen LogP contribution in [-0.4, -0.2) is 49.7 Å². The molecule has 1 atom stereocenters. The van der Waals surface area contributed by atoms with Crippen molar-refractivity contribution in [3.63, 3.8) is 0 Å². The van der Waals surface area contributed by atoms with Crippen LogP contribution in [-0.2, 0) is 32.2 Å². The Kier molecular flexibility index (Phi) is 9.01. The summed E-state index contributed by atoms with van der Waals surface area (Å²) in [6.07, 6.45) is -4.06. The number of halogens is 3. The molecule has 0 radical (unpaired) electrons. The zero-order chi connectivity index (χ0) is 27.4. The fourth-order valence-electron chi connectivity index (χ4n) is 4.34. The third-order valence-corrected chi connectivity index (χ3v) is 8.35. The number of benzene rings is 2. The number of rotatable bonds is 8. The Morgan fingerprint density at radius 2 is 1.62 bits per heavy atom. The molecule has 1 heterocycles. The van der Waals surface area contributed by atoms with Crippen molar-refractivity contribution in [2.24, 2.45) is 0 Å². The van der Waals surface area contributed by atoms with E-state index < -0.39 is 38.6 Å². The van der Waals surface area contributed by atoms with Gasteiger partial charge < -0.3 is 10.6 Å². The lowest BCUT2D eigenvalue weighted by molar-refractivity contribution is -0.140. The zero-order valence-corrected chi connectivity index (χ0v) is 21.8. The Hall–Kier alpha value is -2.92. The van der Waals surface area contributed by atoms with E-state index in [1.807, 2.05) is 24.3 Å². The van der Waals surface area contributed by atoms with Crippen LogP contribution in [0, 0.1) is 0 Å². The molecule has 7 nitrogen and oxygen atoms in total. The molecule has 1 unspecified atom stereocenters. The molecule has 2 aromatic carbocycles. The maximum atomic E-state index is 13.4. The van der Waals surface area contributed by atoms with E-state index in [2.05, 4.69) is 24.5 Å². The molecular formula is C26H32F3N3O4S. The Bertz CT molecular complexity index is 1210. The van der Waals surface area contributed by atoms with E-state index in [1.165, 1.54) is 13.0 Å². The molecule has 0 aromatic heterocycles. The maximum absolute atomic E-state index is 13.4. The molecule has 1 saturated heterocycles. The molecule has 3 rings (SSSR count). The van der Waals surface area contributed by atoms with Gasteiger partial charge in [-0.25, -0.2) is 8.42 Å². The first kappa shape index (κ1) is 28.6. The first-order valence-corrected chi connectivity index (χ1v) is 13.6. The van der Waals surface area contributed by atoms with Gasteiger partial charge in [0.1, 0.15) is 6.04 Å². The van der Waals surface area contributed by atoms with Gasteiger partial charge in [-0.1, -0.05) is 50.2 Å². The lowest BCUT2D eigenvalue weighted by Gasteiger charge is -2.33. The van der Waals surface area contributed by atoms with Crippen molar-refractivity contribution in [3.05, 3.63) is 65.2 Å². The standard InChI is InChI=1S/C26H32F3N3O4S/c1-17(2)20-10-8-19(9-11-20)16-23(30-18(3)33)25(34)31-21-12-14-32(15-13-21)37(35,36)24-7-5-4-6-22(24)26(27,28)29/h4-11,17,21,23H,12-16H2,1-3H3,(H,30,33)(H,31,34). The summed E-state index contributed by atoms with van der Waals surface area (Å²) in [5.74, 6) is -0.393. The predicted molar refractivity (Wildman–Crippen MR) is 133 cm³/mol. The number of nitrogens with one attached hydrogen (secondary N) is 2. The number of hydrogen-bond acceptors (Lipinski definition) is 4. The second kappa shape index (κ2) is 11.6. The Morgan fingerprint density at radius 1 is 1.03 bits per heavy atom. The van der Waals surface area contributed by atoms with E-state index >= 15 is 0 Å². The van der Waals surface area contributed by atoms with Gasteiger partial charge in [-0.2, -0.15) is 17.5 Å². The van der Waals surface area contributed by atoms with Crippen LogP contribution in [0.15, 0.2) is 53.4 Å². The second-order valence-electron chi connectivity index (χ2n) is 9.53. The number of carbonyl (C=O) groups is 2. The minimum atomic E-state index is -4.80. The molecule has 1 aliphatic heterocycles. The quantitative estimate of drug-likeness (QED) is 0.533. The minimum absolute atomic E-state index is 0.0407. The fraction of sp³-hybridized carbons (Fsp3) is 0.462. The average Bonchev–Trinajstić information content (AvgIpc) is 2.83. The van der Waals surface area contributed by atoms with E-state index in [9.17, 15) is 31.2 Å². The van der Waals surface area contributed by atoms with Crippen LogP contribution in [0.1, 0.15) is 56.2 Å². The molecule has 2 aromatic rings. The van der Waals surface area contributed by atoms with Gasteiger partial charge in [-0.3, -0.25) is 9.59 Å². The second-order valence-corrected chi connectivity index (χ2v) is 11.4. The largest absolute Gasteiger partial charge is 0.417 e. The number of alkyl halides is 3. The highest BCUT2D eigenvalue weighted by Gasteiger charge is 2.40. The van der Waals surface area contributed by atoms with Crippen molar-refractivity contribution in [1.82, 2.24) is 14.9 Å². The third-order valence-electron chi connectivity index (χ3n) is 6.39. The molecule has 0 bridgehead atoms. The van der Waals surface area contributed by atoms with Crippen LogP contribution < -0.4 is 10.6 Å². The van der Waals surface area contributed by atoms with Gasteiger partial charge in [0.25, 0.3) is 0 Å². The molecule has 0 spiro atoms. The van der Waals surface area contributed by atoms with Gasteiger partial charge in [-0.15, -0.1) is 0 Å². The molecule has 2 amide bonds. The van der Waals surface area contributed by atoms with Gasteiger partial charge in [0, 0.05) is 32.5 Å². The summed E-state index contributed by atoms with van der Waals surface area (Å²) in [4.78, 5) is 23.9. The fourth-order valence-corrected chi connectivity index (χ4v) is 6.02. The summed E-state index contributed by atoms with van der Waals surface area (Å²) in [5, 5.41) is 5.53. The van der Waals surface area contributed by atoms with E-state index in [1.54, 1.807) is 0 Å². The summed E-state index contributed by atoms with van der Waals surface area (Å²) in [5.41, 5.74) is 0.830. The SMILES string of the molecule is CC(=O)NC(Cc1ccc(C(C)C)cc1)C(=O)NC1CCN(S(=O)(=O)c2ccccc2C(F)(F)F)CC1. The van der Waals surface area contributed by atoms with Gasteiger partial charge in [0.05, 0.1) is 10.5 Å². The Labute approximate surface area is 215 Å². The topological polar surface area (TPSA) is 95.6 Å². The summed E-state index contributed by atoms with van der Waals surface area (Å²) in [7, 11) is -4.37. The van der Waals surface area contributed by atoms with Gasteiger partial charge in [0.15, 0.2) is 0 Å². The van der Waals surface area contributed by atoms with Crippen LogP contribution in [0.4, 0.5) is 13.2 Å². The van der Waals surface area contributed by atoms with Gasteiger partial charge >= 0.3 is 6.18 Å². The van der Waals surface area contributed by atoms with Crippen LogP contribution in [0.5, 0.6) is 0 Å². The predicted octanol–water partition coefficient (Wildman–Crippen LogP) is 3.85. The number of carbonyl (C=O) groups excluding carboxylic acids is 2. The minimum Gasteiger partial charge on any atom is -0.351 e. The molecule has 0 aliphatic carbocycles. The summed E-state index contributed by atoms with van der Waals surface area (Å²) in [6, 6.07) is 10.7. The van der Waals surface area contributed by atoms with Crippen molar-refractivity contribution >= 4 is 21.8 Å². The summed E-state index contributed by atoms with van der Waals surface area (Å²) >= 11 is 0. The average molecular weight is 540 g/mol. The van der Waals surface area contributed by atoms with E-state index in [4.69, 9.17) is 0 Å². The van der Waals surface area contributed by atoms with E-state index in [-0.39, 0.29) is 44.3 Å². The number of amides is 2. The van der Waals surface area contributed by atoms with Gasteiger partial charge in [-0.05, 0) is 42.0 Å². The van der Waals surface area contributed by atoms with Crippen molar-refractivity contribution < 1.29 is 31.2 Å². The highest BCUT2D eigenvalue weighted by atomic mass is 32.2. The van der Waals surface area contributed by atoms with E-state index in [0.717, 1.165) is 33.6 Å². The van der Waals surface area contributed by atoms with Gasteiger partial charge in [0.2, 0.25) is 21.8 Å². The Balaban J connectivity index is 1.65. The number of piperidine rings is 1. The summed E-state index contributed by atoms with van der Waals surface area (Å²) < 4.78 is 67.1. The lowest BCUT2D eigenvalue weighted by atomic mass is 9.98. The molecule has 0 saturated carbocycles. The zero-order valence-electron chi connectivity index (χ0n) is 21.0. The van der Waals surface area contributed by atoms with Crippen LogP contribution in [0.3, 0.4) is 0 Å². The van der Waals surface area contributed by atoms with Crippen LogP contribution in [0.25, 0.3) is 0 Å². The monoisotopic (exact) mass is 539 g/mol. The number of hydrogen-bond donors (Lipinski definition) is 2. The smallest absolute Gasteiger partial charge is 0.351 e. The lowest BCUT2D eigenvalue weighted by Crippen LogP contribution is -2.53. The molecule has 11 heteroatoms. The highest BCUT2D eigenvalue weighted by Crippen LogP contribution is 2.35. The van der Waals surface area contributed by atoms with Crippen molar-refractivity contribution in [3.8, 4) is 0 Å². The normalized spacial score (nSPS) is 16.4. The summed E-state index contributed by atoms with van der Waals surface area (Å²) in [6.45, 7) is 5.40. The van der Waals surface area contributed by atoms with Crippen molar-refractivity contribution in [2.75, 3.05) is 13.1 Å². The van der Waals surface area contributed by atoms with Crippen molar-refractivity contribution in [1.29, 1.82) is 0 Å². The maximum Gasteiger partial charge on any atom is 0.417 e. The number of sulfonamides is 1. The molecule has 2 N–H and O–H groups in total. The first-order chi connectivity index (χ1) is 17.3. The molecule has 37 heavy (non-hydrogen) atoms. The molecular weight excluding hydrogens is 507 g/mol. The molecule has 1 aliphatic rings. The number of nitrogens with zero attached hydrogens (tertiary/aromatic N) is 1. The highest BCUT2D eigenvalue weighted by molar-refractivity contribution is 7.89. The molecule has 1 fully saturated rings. The third kappa shape index (κ3) is 7.32. The first-order valence-electron chi connectivity index (χ1n) is 12.1.